The van der Waals surface area contributed by atoms with E-state index in [2.05, 4.69) is 4.74 Å². The summed E-state index contributed by atoms with van der Waals surface area (Å²) in [6, 6.07) is 0. The summed E-state index contributed by atoms with van der Waals surface area (Å²) in [4.78, 5) is 10.7. The Labute approximate surface area is 59.0 Å². The van der Waals surface area contributed by atoms with Crippen molar-refractivity contribution in [2.45, 2.75) is 23.8 Å². The molecule has 2 nitrogen and oxygen atoms in total. The lowest BCUT2D eigenvalue weighted by atomic mass is 10.1. The molecule has 1 aliphatic heterocycles. The maximum Gasteiger partial charge on any atom is 0.320 e. The molecule has 1 saturated heterocycles. The Balaban J connectivity index is 2.42. The molecule has 0 saturated carbocycles. The van der Waals surface area contributed by atoms with Crippen molar-refractivity contribution in [2.75, 3.05) is 7.11 Å². The molecule has 0 unspecified atom stereocenters. The van der Waals surface area contributed by atoms with Gasteiger partial charge in [-0.05, 0) is 13.8 Å². The van der Waals surface area contributed by atoms with E-state index in [1.54, 1.807) is 11.8 Å². The summed E-state index contributed by atoms with van der Waals surface area (Å²) < 4.78 is 4.68. The predicted molar refractivity (Wildman–Crippen MR) is 37.5 cm³/mol. The van der Waals surface area contributed by atoms with Crippen LogP contribution in [0.2, 0.25) is 0 Å². The van der Waals surface area contributed by atoms with Crippen LogP contribution in [0.3, 0.4) is 0 Å². The summed E-state index contributed by atoms with van der Waals surface area (Å²) in [6.45, 7) is 4.08. The van der Waals surface area contributed by atoms with Crippen LogP contribution in [0.25, 0.3) is 0 Å². The van der Waals surface area contributed by atoms with Gasteiger partial charge < -0.3 is 4.74 Å². The monoisotopic (exact) mass is 146 g/mol. The topological polar surface area (TPSA) is 26.3 Å². The quantitative estimate of drug-likeness (QED) is 0.408. The van der Waals surface area contributed by atoms with Crippen LogP contribution in [0.5, 0.6) is 0 Å². The molecule has 3 heteroatoms. The Kier molecular flexibility index (Phi) is 1.47. The van der Waals surface area contributed by atoms with E-state index in [1.807, 2.05) is 13.8 Å². The second-order valence-electron chi connectivity index (χ2n) is 2.62. The summed E-state index contributed by atoms with van der Waals surface area (Å²) >= 11 is 1.65. The first kappa shape index (κ1) is 6.93. The molecule has 0 aliphatic carbocycles. The SMILES string of the molecule is COC(=O)[C@@H]1SC1(C)C. The Hall–Kier alpha value is -0.180. The van der Waals surface area contributed by atoms with Gasteiger partial charge in [0.2, 0.25) is 0 Å². The number of hydrogen-bond acceptors (Lipinski definition) is 3. The molecule has 9 heavy (non-hydrogen) atoms. The highest BCUT2D eigenvalue weighted by atomic mass is 32.2. The van der Waals surface area contributed by atoms with Crippen molar-refractivity contribution in [2.24, 2.45) is 0 Å². The van der Waals surface area contributed by atoms with Crippen molar-refractivity contribution >= 4 is 17.7 Å². The lowest BCUT2D eigenvalue weighted by molar-refractivity contribution is -0.139. The van der Waals surface area contributed by atoms with Crippen LogP contribution in [-0.2, 0) is 9.53 Å². The Morgan fingerprint density at radius 1 is 1.67 bits per heavy atom. The number of methoxy groups -OCH3 is 1. The van der Waals surface area contributed by atoms with Gasteiger partial charge >= 0.3 is 5.97 Å². The summed E-state index contributed by atoms with van der Waals surface area (Å²) in [6.07, 6.45) is 0. The van der Waals surface area contributed by atoms with Gasteiger partial charge in [0.05, 0.1) is 7.11 Å². The Bertz CT molecular complexity index is 142. The van der Waals surface area contributed by atoms with Gasteiger partial charge in [-0.15, -0.1) is 11.8 Å². The van der Waals surface area contributed by atoms with E-state index in [0.717, 1.165) is 0 Å². The zero-order valence-corrected chi connectivity index (χ0v) is 6.62. The minimum absolute atomic E-state index is 0.0856. The highest BCUT2D eigenvalue weighted by Crippen LogP contribution is 2.53. The fraction of sp³-hybridized carbons (Fsp3) is 0.833. The lowest BCUT2D eigenvalue weighted by Crippen LogP contribution is -2.15. The third-order valence-corrected chi connectivity index (χ3v) is 3.02. The number of ether oxygens (including phenoxy) is 1. The highest BCUT2D eigenvalue weighted by molar-refractivity contribution is 8.09. The highest BCUT2D eigenvalue weighted by Gasteiger charge is 2.53. The smallest absolute Gasteiger partial charge is 0.320 e. The van der Waals surface area contributed by atoms with Crippen molar-refractivity contribution in [1.82, 2.24) is 0 Å². The van der Waals surface area contributed by atoms with Gasteiger partial charge in [0.25, 0.3) is 0 Å². The predicted octanol–water partition coefficient (Wildman–Crippen LogP) is 1.05. The van der Waals surface area contributed by atoms with Gasteiger partial charge in [-0.25, -0.2) is 0 Å². The second kappa shape index (κ2) is 1.90. The van der Waals surface area contributed by atoms with Crippen molar-refractivity contribution < 1.29 is 9.53 Å². The molecule has 0 aromatic carbocycles. The van der Waals surface area contributed by atoms with Gasteiger partial charge in [0, 0.05) is 4.75 Å². The van der Waals surface area contributed by atoms with Crippen LogP contribution in [0.15, 0.2) is 0 Å². The molecular formula is C6H10O2S. The van der Waals surface area contributed by atoms with Crippen LogP contribution >= 0.6 is 11.8 Å². The largest absolute Gasteiger partial charge is 0.468 e. The number of hydrogen-bond donors (Lipinski definition) is 0. The minimum atomic E-state index is -0.0926. The van der Waals surface area contributed by atoms with Crippen molar-refractivity contribution in [3.8, 4) is 0 Å². The third kappa shape index (κ3) is 1.21. The minimum Gasteiger partial charge on any atom is -0.468 e. The molecule has 52 valence electrons. The van der Waals surface area contributed by atoms with Crippen molar-refractivity contribution in [3.63, 3.8) is 0 Å². The van der Waals surface area contributed by atoms with E-state index in [9.17, 15) is 4.79 Å². The molecule has 0 aromatic rings. The average molecular weight is 146 g/mol. The van der Waals surface area contributed by atoms with E-state index in [4.69, 9.17) is 0 Å². The van der Waals surface area contributed by atoms with Crippen LogP contribution in [0.1, 0.15) is 13.8 Å². The Morgan fingerprint density at radius 3 is 2.22 bits per heavy atom. The molecule has 0 N–H and O–H groups in total. The van der Waals surface area contributed by atoms with Crippen LogP contribution in [0, 0.1) is 0 Å². The van der Waals surface area contributed by atoms with E-state index in [1.165, 1.54) is 7.11 Å². The van der Waals surface area contributed by atoms with Gasteiger partial charge in [0.1, 0.15) is 5.25 Å². The fourth-order valence-corrected chi connectivity index (χ4v) is 1.54. The normalized spacial score (nSPS) is 29.4. The Morgan fingerprint density at radius 2 is 2.11 bits per heavy atom. The van der Waals surface area contributed by atoms with Gasteiger partial charge in [0.15, 0.2) is 0 Å². The number of esters is 1. The molecule has 1 heterocycles. The van der Waals surface area contributed by atoms with E-state index < -0.39 is 0 Å². The summed E-state index contributed by atoms with van der Waals surface area (Å²) in [5, 5.41) is 0.0856. The molecule has 1 fully saturated rings. The van der Waals surface area contributed by atoms with Crippen LogP contribution in [-0.4, -0.2) is 23.1 Å². The standard InChI is InChI=1S/C6H10O2S/c1-6(2)4(9-6)5(7)8-3/h4H,1-3H3/t4-/m0/s1. The van der Waals surface area contributed by atoms with E-state index in [-0.39, 0.29) is 16.0 Å². The molecule has 1 aliphatic rings. The van der Waals surface area contributed by atoms with Gasteiger partial charge in [-0.2, -0.15) is 0 Å². The maximum absolute atomic E-state index is 10.7. The summed E-state index contributed by atoms with van der Waals surface area (Å²) in [5.41, 5.74) is 0. The third-order valence-electron chi connectivity index (χ3n) is 1.41. The molecule has 0 spiro atoms. The first-order valence-electron chi connectivity index (χ1n) is 2.83. The van der Waals surface area contributed by atoms with Crippen LogP contribution < -0.4 is 0 Å². The molecule has 1 atom stereocenters. The molecule has 0 amide bonds. The molecule has 0 aromatic heterocycles. The maximum atomic E-state index is 10.7. The molecule has 1 rings (SSSR count). The second-order valence-corrected chi connectivity index (χ2v) is 4.38. The fourth-order valence-electron chi connectivity index (χ4n) is 0.709. The number of carbonyl (C=O) groups is 1. The molecular weight excluding hydrogens is 136 g/mol. The number of carbonyl (C=O) groups excluding carboxylic acids is 1. The van der Waals surface area contributed by atoms with Gasteiger partial charge in [-0.3, -0.25) is 4.79 Å². The van der Waals surface area contributed by atoms with Gasteiger partial charge in [-0.1, -0.05) is 0 Å². The lowest BCUT2D eigenvalue weighted by Gasteiger charge is -1.96. The van der Waals surface area contributed by atoms with E-state index in [0.29, 0.717) is 0 Å². The summed E-state index contributed by atoms with van der Waals surface area (Å²) in [7, 11) is 1.43. The summed E-state index contributed by atoms with van der Waals surface area (Å²) in [5.74, 6) is -0.0926. The average Bonchev–Trinajstić information content (AvgIpc) is 2.38. The first-order valence-corrected chi connectivity index (χ1v) is 3.71. The first-order chi connectivity index (χ1) is 4.08. The zero-order chi connectivity index (χ0) is 7.07. The molecule has 0 radical (unpaired) electrons. The van der Waals surface area contributed by atoms with Crippen LogP contribution in [0.4, 0.5) is 0 Å². The van der Waals surface area contributed by atoms with Crippen molar-refractivity contribution in [1.29, 1.82) is 0 Å². The number of thioether (sulfide) groups is 1. The number of rotatable bonds is 1. The van der Waals surface area contributed by atoms with E-state index >= 15 is 0 Å². The molecule has 0 bridgehead atoms. The zero-order valence-electron chi connectivity index (χ0n) is 5.80. The van der Waals surface area contributed by atoms with Crippen molar-refractivity contribution in [3.05, 3.63) is 0 Å².